The smallest absolute Gasteiger partial charge is 0.351 e. The zero-order valence-corrected chi connectivity index (χ0v) is 11.5. The van der Waals surface area contributed by atoms with Gasteiger partial charge in [-0.05, 0) is 6.92 Å². The number of aromatic nitrogens is 2. The number of halogens is 3. The standard InChI is InChI=1S/C12H15F3N4O2/c1-7(12(13,14)15)11(21)17-8-3-10(20)19(5-8)9-4-16-18(2)6-9/h4,6-8H,3,5H2,1-2H3,(H,17,21). The van der Waals surface area contributed by atoms with E-state index < -0.39 is 24.0 Å². The van der Waals surface area contributed by atoms with E-state index in [2.05, 4.69) is 10.4 Å². The molecule has 1 aromatic heterocycles. The van der Waals surface area contributed by atoms with Crippen LogP contribution in [0.15, 0.2) is 12.4 Å². The van der Waals surface area contributed by atoms with E-state index >= 15 is 0 Å². The summed E-state index contributed by atoms with van der Waals surface area (Å²) in [5.41, 5.74) is 0.558. The average Bonchev–Trinajstić information content (AvgIpc) is 2.93. The van der Waals surface area contributed by atoms with Crippen LogP contribution >= 0.6 is 0 Å². The first-order chi connectivity index (χ1) is 9.68. The first kappa shape index (κ1) is 15.3. The summed E-state index contributed by atoms with van der Waals surface area (Å²) in [6.45, 7) is 0.936. The van der Waals surface area contributed by atoms with Gasteiger partial charge in [0.05, 0.1) is 17.9 Å². The largest absolute Gasteiger partial charge is 0.400 e. The summed E-state index contributed by atoms with van der Waals surface area (Å²) in [6, 6.07) is -0.630. The fourth-order valence-corrected chi connectivity index (χ4v) is 2.08. The molecule has 21 heavy (non-hydrogen) atoms. The molecule has 9 heteroatoms. The predicted molar refractivity (Wildman–Crippen MR) is 67.3 cm³/mol. The molecular weight excluding hydrogens is 289 g/mol. The molecule has 2 amide bonds. The van der Waals surface area contributed by atoms with E-state index in [-0.39, 0.29) is 18.9 Å². The van der Waals surface area contributed by atoms with Crippen molar-refractivity contribution in [3.63, 3.8) is 0 Å². The van der Waals surface area contributed by atoms with Crippen LogP contribution < -0.4 is 10.2 Å². The van der Waals surface area contributed by atoms with Crippen molar-refractivity contribution in [2.24, 2.45) is 13.0 Å². The van der Waals surface area contributed by atoms with Gasteiger partial charge in [0, 0.05) is 26.2 Å². The third-order valence-corrected chi connectivity index (χ3v) is 3.36. The van der Waals surface area contributed by atoms with Crippen molar-refractivity contribution in [3.8, 4) is 0 Å². The number of aryl methyl sites for hydroxylation is 1. The van der Waals surface area contributed by atoms with E-state index in [0.717, 1.165) is 6.92 Å². The number of nitrogens with zero attached hydrogens (tertiary/aromatic N) is 3. The van der Waals surface area contributed by atoms with Gasteiger partial charge in [-0.15, -0.1) is 0 Å². The van der Waals surface area contributed by atoms with Crippen LogP contribution in [0.2, 0.25) is 0 Å². The van der Waals surface area contributed by atoms with E-state index in [4.69, 9.17) is 0 Å². The van der Waals surface area contributed by atoms with Gasteiger partial charge in [-0.25, -0.2) is 0 Å². The number of carbonyl (C=O) groups excluding carboxylic acids is 2. The van der Waals surface area contributed by atoms with Crippen molar-refractivity contribution < 1.29 is 22.8 Å². The molecule has 1 aliphatic heterocycles. The number of nitrogens with one attached hydrogen (secondary N) is 1. The first-order valence-electron chi connectivity index (χ1n) is 6.34. The highest BCUT2D eigenvalue weighted by Gasteiger charge is 2.42. The van der Waals surface area contributed by atoms with Gasteiger partial charge >= 0.3 is 6.18 Å². The Kier molecular flexibility index (Phi) is 3.93. The monoisotopic (exact) mass is 304 g/mol. The molecule has 2 atom stereocenters. The molecule has 2 heterocycles. The minimum Gasteiger partial charge on any atom is -0.351 e. The fourth-order valence-electron chi connectivity index (χ4n) is 2.08. The lowest BCUT2D eigenvalue weighted by Gasteiger charge is -2.19. The molecule has 1 saturated heterocycles. The molecule has 1 aliphatic rings. The SMILES string of the molecule is CC(C(=O)NC1CC(=O)N(c2cnn(C)c2)C1)C(F)(F)F. The summed E-state index contributed by atoms with van der Waals surface area (Å²) in [7, 11) is 1.69. The topological polar surface area (TPSA) is 67.2 Å². The van der Waals surface area contributed by atoms with Gasteiger partial charge in [0.2, 0.25) is 11.8 Å². The Balaban J connectivity index is 1.99. The molecule has 0 aromatic carbocycles. The van der Waals surface area contributed by atoms with E-state index in [1.54, 1.807) is 13.2 Å². The molecular formula is C12H15F3N4O2. The predicted octanol–water partition coefficient (Wildman–Crippen LogP) is 0.840. The van der Waals surface area contributed by atoms with Crippen molar-refractivity contribution >= 4 is 17.5 Å². The van der Waals surface area contributed by atoms with Gasteiger partial charge < -0.3 is 10.2 Å². The Morgan fingerprint density at radius 3 is 2.71 bits per heavy atom. The quantitative estimate of drug-likeness (QED) is 0.900. The van der Waals surface area contributed by atoms with Gasteiger partial charge in [-0.2, -0.15) is 18.3 Å². The molecule has 6 nitrogen and oxygen atoms in total. The van der Waals surface area contributed by atoms with Crippen LogP contribution in [-0.4, -0.2) is 40.4 Å². The van der Waals surface area contributed by atoms with Gasteiger partial charge in [0.1, 0.15) is 5.92 Å². The van der Waals surface area contributed by atoms with Crippen molar-refractivity contribution in [3.05, 3.63) is 12.4 Å². The van der Waals surface area contributed by atoms with Crippen LogP contribution in [0.25, 0.3) is 0 Å². The number of rotatable bonds is 3. The van der Waals surface area contributed by atoms with Crippen LogP contribution in [0.1, 0.15) is 13.3 Å². The zero-order valence-electron chi connectivity index (χ0n) is 11.5. The zero-order chi connectivity index (χ0) is 15.8. The van der Waals surface area contributed by atoms with Gasteiger partial charge in [0.15, 0.2) is 0 Å². The molecule has 1 N–H and O–H groups in total. The Bertz CT molecular complexity index is 555. The third kappa shape index (κ3) is 3.34. The number of anilines is 1. The molecule has 2 unspecified atom stereocenters. The molecule has 1 aromatic rings. The highest BCUT2D eigenvalue weighted by molar-refractivity contribution is 5.96. The average molecular weight is 304 g/mol. The van der Waals surface area contributed by atoms with Crippen molar-refractivity contribution in [1.82, 2.24) is 15.1 Å². The van der Waals surface area contributed by atoms with Crippen molar-refractivity contribution in [1.29, 1.82) is 0 Å². The Labute approximate surface area is 118 Å². The van der Waals surface area contributed by atoms with Crippen LogP contribution in [0.5, 0.6) is 0 Å². The van der Waals surface area contributed by atoms with Gasteiger partial charge in [0.25, 0.3) is 0 Å². The summed E-state index contributed by atoms with van der Waals surface area (Å²) >= 11 is 0. The van der Waals surface area contributed by atoms with E-state index in [0.29, 0.717) is 5.69 Å². The summed E-state index contributed by atoms with van der Waals surface area (Å²) in [5, 5.41) is 6.20. The van der Waals surface area contributed by atoms with Crippen LogP contribution in [0.3, 0.4) is 0 Å². The number of hydrogen-bond donors (Lipinski definition) is 1. The maximum Gasteiger partial charge on any atom is 0.400 e. The summed E-state index contributed by atoms with van der Waals surface area (Å²) in [4.78, 5) is 24.8. The normalized spacial score (nSPS) is 20.7. The second kappa shape index (κ2) is 5.38. The minimum atomic E-state index is -4.59. The van der Waals surface area contributed by atoms with Crippen molar-refractivity contribution in [2.45, 2.75) is 25.6 Å². The maximum absolute atomic E-state index is 12.4. The third-order valence-electron chi connectivity index (χ3n) is 3.36. The van der Waals surface area contributed by atoms with Crippen molar-refractivity contribution in [2.75, 3.05) is 11.4 Å². The molecule has 0 radical (unpaired) electrons. The second-order valence-electron chi connectivity index (χ2n) is 5.05. The molecule has 0 aliphatic carbocycles. The van der Waals surface area contributed by atoms with E-state index in [9.17, 15) is 22.8 Å². The molecule has 0 spiro atoms. The summed E-state index contributed by atoms with van der Waals surface area (Å²) in [5.74, 6) is -3.47. The van der Waals surface area contributed by atoms with Gasteiger partial charge in [-0.1, -0.05) is 0 Å². The minimum absolute atomic E-state index is 0.0226. The first-order valence-corrected chi connectivity index (χ1v) is 6.34. The second-order valence-corrected chi connectivity index (χ2v) is 5.05. The summed E-state index contributed by atoms with van der Waals surface area (Å²) in [6.07, 6.45) is -1.50. The number of alkyl halides is 3. The molecule has 2 rings (SSSR count). The Morgan fingerprint density at radius 2 is 2.19 bits per heavy atom. The number of hydrogen-bond acceptors (Lipinski definition) is 3. The van der Waals surface area contributed by atoms with E-state index in [1.165, 1.54) is 15.8 Å². The van der Waals surface area contributed by atoms with E-state index in [1.807, 2.05) is 0 Å². The lowest BCUT2D eigenvalue weighted by molar-refractivity contribution is -0.179. The molecule has 0 saturated carbocycles. The number of amides is 2. The molecule has 116 valence electrons. The summed E-state index contributed by atoms with van der Waals surface area (Å²) < 4.78 is 38.9. The lowest BCUT2D eigenvalue weighted by Crippen LogP contribution is -2.43. The van der Waals surface area contributed by atoms with Gasteiger partial charge in [-0.3, -0.25) is 14.3 Å². The molecule has 1 fully saturated rings. The van der Waals surface area contributed by atoms with Crippen LogP contribution in [0, 0.1) is 5.92 Å². The lowest BCUT2D eigenvalue weighted by atomic mass is 10.1. The Hall–Kier alpha value is -2.06. The number of carbonyl (C=O) groups is 2. The highest BCUT2D eigenvalue weighted by atomic mass is 19.4. The Morgan fingerprint density at radius 1 is 1.52 bits per heavy atom. The fraction of sp³-hybridized carbons (Fsp3) is 0.583. The maximum atomic E-state index is 12.4. The van der Waals surface area contributed by atoms with Crippen LogP contribution in [-0.2, 0) is 16.6 Å². The highest BCUT2D eigenvalue weighted by Crippen LogP contribution is 2.26. The van der Waals surface area contributed by atoms with Crippen LogP contribution in [0.4, 0.5) is 18.9 Å². The molecule has 0 bridgehead atoms.